The van der Waals surface area contributed by atoms with Crippen LogP contribution in [0.15, 0.2) is 36.5 Å². The van der Waals surface area contributed by atoms with Gasteiger partial charge in [-0.2, -0.15) is 0 Å². The van der Waals surface area contributed by atoms with Gasteiger partial charge in [-0.25, -0.2) is 0 Å². The van der Waals surface area contributed by atoms with Crippen LogP contribution in [0, 0.1) is 6.92 Å². The van der Waals surface area contributed by atoms with E-state index in [1.807, 2.05) is 31.2 Å². The van der Waals surface area contributed by atoms with Crippen molar-refractivity contribution in [3.63, 3.8) is 0 Å². The van der Waals surface area contributed by atoms with Gasteiger partial charge in [0.05, 0.1) is 12.1 Å². The number of fused-ring (bicyclic) bond motifs is 1. The highest BCUT2D eigenvalue weighted by atomic mass is 16.6. The highest BCUT2D eigenvalue weighted by Gasteiger charge is 2.24. The van der Waals surface area contributed by atoms with E-state index in [0.29, 0.717) is 18.7 Å². The molecular weight excluding hydrogens is 268 g/mol. The standard InChI is InChI=1S/C16H18N2O3/c1-11-13(7-8-17-11)16(19)18(2)9-12-10-20-14-5-3-4-6-15(14)21-12/h3-8,12,17H,9-10H2,1-2H3. The summed E-state index contributed by atoms with van der Waals surface area (Å²) in [6.45, 7) is 2.82. The molecule has 1 amide bonds. The third-order valence-corrected chi connectivity index (χ3v) is 3.58. The third-order valence-electron chi connectivity index (χ3n) is 3.58. The Bertz CT molecular complexity index is 650. The Morgan fingerprint density at radius 1 is 1.33 bits per heavy atom. The SMILES string of the molecule is Cc1[nH]ccc1C(=O)N(C)CC1COc2ccccc2O1. The first kappa shape index (κ1) is 13.5. The van der Waals surface area contributed by atoms with Crippen LogP contribution in [-0.2, 0) is 0 Å². The summed E-state index contributed by atoms with van der Waals surface area (Å²) in [5.41, 5.74) is 1.56. The first-order valence-corrected chi connectivity index (χ1v) is 6.93. The lowest BCUT2D eigenvalue weighted by Crippen LogP contribution is -2.41. The average Bonchev–Trinajstić information content (AvgIpc) is 2.92. The number of hydrogen-bond donors (Lipinski definition) is 1. The fourth-order valence-corrected chi connectivity index (χ4v) is 2.43. The largest absolute Gasteiger partial charge is 0.486 e. The van der Waals surface area contributed by atoms with Gasteiger partial charge in [-0.1, -0.05) is 12.1 Å². The van der Waals surface area contributed by atoms with Crippen LogP contribution in [0.4, 0.5) is 0 Å². The molecule has 0 spiro atoms. The molecule has 0 radical (unpaired) electrons. The number of nitrogens with zero attached hydrogens (tertiary/aromatic N) is 1. The van der Waals surface area contributed by atoms with E-state index in [1.54, 1.807) is 24.2 Å². The maximum absolute atomic E-state index is 12.4. The molecule has 1 N–H and O–H groups in total. The molecule has 1 atom stereocenters. The number of ether oxygens (including phenoxy) is 2. The number of hydrogen-bond acceptors (Lipinski definition) is 3. The second-order valence-corrected chi connectivity index (χ2v) is 5.20. The van der Waals surface area contributed by atoms with Gasteiger partial charge in [0.25, 0.3) is 5.91 Å². The minimum atomic E-state index is -0.159. The number of amides is 1. The Balaban J connectivity index is 1.65. The second kappa shape index (κ2) is 5.52. The molecule has 0 aliphatic carbocycles. The molecule has 5 nitrogen and oxygen atoms in total. The molecule has 0 saturated heterocycles. The van der Waals surface area contributed by atoms with E-state index in [9.17, 15) is 4.79 Å². The van der Waals surface area contributed by atoms with Crippen molar-refractivity contribution >= 4 is 5.91 Å². The number of aryl methyl sites for hydroxylation is 1. The molecule has 0 fully saturated rings. The maximum atomic E-state index is 12.4. The number of carbonyl (C=O) groups excluding carboxylic acids is 1. The van der Waals surface area contributed by atoms with E-state index >= 15 is 0 Å². The number of aromatic amines is 1. The zero-order valence-corrected chi connectivity index (χ0v) is 12.1. The Kier molecular flexibility index (Phi) is 3.56. The van der Waals surface area contributed by atoms with Crippen LogP contribution >= 0.6 is 0 Å². The highest BCUT2D eigenvalue weighted by Crippen LogP contribution is 2.31. The van der Waals surface area contributed by atoms with Crippen molar-refractivity contribution < 1.29 is 14.3 Å². The van der Waals surface area contributed by atoms with Gasteiger partial charge in [0.1, 0.15) is 6.61 Å². The molecule has 1 unspecified atom stereocenters. The van der Waals surface area contributed by atoms with Crippen LogP contribution in [0.2, 0.25) is 0 Å². The summed E-state index contributed by atoms with van der Waals surface area (Å²) in [6, 6.07) is 9.36. The molecule has 1 aromatic carbocycles. The van der Waals surface area contributed by atoms with Crippen LogP contribution in [0.1, 0.15) is 16.1 Å². The monoisotopic (exact) mass is 286 g/mol. The molecule has 1 aromatic heterocycles. The number of aromatic nitrogens is 1. The number of benzene rings is 1. The van der Waals surface area contributed by atoms with E-state index < -0.39 is 0 Å². The summed E-state index contributed by atoms with van der Waals surface area (Å²) in [6.07, 6.45) is 1.61. The quantitative estimate of drug-likeness (QED) is 0.941. The topological polar surface area (TPSA) is 54.6 Å². The van der Waals surface area contributed by atoms with Crippen LogP contribution in [-0.4, -0.2) is 42.1 Å². The lowest BCUT2D eigenvalue weighted by atomic mass is 10.2. The normalized spacial score (nSPS) is 16.6. The van der Waals surface area contributed by atoms with Gasteiger partial charge in [-0.05, 0) is 25.1 Å². The number of rotatable bonds is 3. The Morgan fingerprint density at radius 2 is 2.10 bits per heavy atom. The molecule has 5 heteroatoms. The molecule has 2 aromatic rings. The van der Waals surface area contributed by atoms with Gasteiger partial charge in [0.2, 0.25) is 0 Å². The minimum absolute atomic E-state index is 0.0174. The van der Waals surface area contributed by atoms with E-state index in [0.717, 1.165) is 17.2 Å². The van der Waals surface area contributed by atoms with E-state index in [2.05, 4.69) is 4.98 Å². The predicted octanol–water partition coefficient (Wildman–Crippen LogP) is 2.24. The summed E-state index contributed by atoms with van der Waals surface area (Å²) in [5, 5.41) is 0. The lowest BCUT2D eigenvalue weighted by Gasteiger charge is -2.29. The second-order valence-electron chi connectivity index (χ2n) is 5.20. The molecule has 0 bridgehead atoms. The number of carbonyl (C=O) groups is 1. The van der Waals surface area contributed by atoms with Gasteiger partial charge in [0.15, 0.2) is 17.6 Å². The number of H-pyrrole nitrogens is 1. The minimum Gasteiger partial charge on any atom is -0.486 e. The van der Waals surface area contributed by atoms with Gasteiger partial charge < -0.3 is 19.4 Å². The highest BCUT2D eigenvalue weighted by molar-refractivity contribution is 5.95. The van der Waals surface area contributed by atoms with Crippen molar-refractivity contribution in [2.75, 3.05) is 20.2 Å². The molecule has 2 heterocycles. The van der Waals surface area contributed by atoms with E-state index in [-0.39, 0.29) is 12.0 Å². The predicted molar refractivity (Wildman–Crippen MR) is 78.8 cm³/mol. The first-order chi connectivity index (χ1) is 10.1. The van der Waals surface area contributed by atoms with Gasteiger partial charge in [-0.15, -0.1) is 0 Å². The van der Waals surface area contributed by atoms with Gasteiger partial charge in [-0.3, -0.25) is 4.79 Å². The summed E-state index contributed by atoms with van der Waals surface area (Å²) >= 11 is 0. The Labute approximate surface area is 123 Å². The van der Waals surface area contributed by atoms with Crippen LogP contribution in [0.5, 0.6) is 11.5 Å². The van der Waals surface area contributed by atoms with Crippen molar-refractivity contribution in [3.8, 4) is 11.5 Å². The third kappa shape index (κ3) is 2.72. The number of likely N-dealkylation sites (N-methyl/N-ethyl adjacent to an activating group) is 1. The van der Waals surface area contributed by atoms with Crippen LogP contribution in [0.25, 0.3) is 0 Å². The van der Waals surface area contributed by atoms with Crippen molar-refractivity contribution in [2.45, 2.75) is 13.0 Å². The molecule has 110 valence electrons. The summed E-state index contributed by atoms with van der Waals surface area (Å²) < 4.78 is 11.5. The fraction of sp³-hybridized carbons (Fsp3) is 0.312. The molecule has 1 aliphatic rings. The number of nitrogens with one attached hydrogen (secondary N) is 1. The molecule has 0 saturated carbocycles. The molecule has 3 rings (SSSR count). The van der Waals surface area contributed by atoms with Crippen molar-refractivity contribution in [1.29, 1.82) is 0 Å². The van der Waals surface area contributed by atoms with Crippen molar-refractivity contribution in [1.82, 2.24) is 9.88 Å². The van der Waals surface area contributed by atoms with Gasteiger partial charge >= 0.3 is 0 Å². The molecule has 1 aliphatic heterocycles. The van der Waals surface area contributed by atoms with Crippen molar-refractivity contribution in [3.05, 3.63) is 47.8 Å². The summed E-state index contributed by atoms with van der Waals surface area (Å²) in [7, 11) is 1.78. The molecule has 21 heavy (non-hydrogen) atoms. The zero-order chi connectivity index (χ0) is 14.8. The maximum Gasteiger partial charge on any atom is 0.255 e. The van der Waals surface area contributed by atoms with E-state index in [1.165, 1.54) is 0 Å². The first-order valence-electron chi connectivity index (χ1n) is 6.93. The van der Waals surface area contributed by atoms with Crippen molar-refractivity contribution in [2.24, 2.45) is 0 Å². The molecular formula is C16H18N2O3. The lowest BCUT2D eigenvalue weighted by molar-refractivity contribution is 0.0520. The van der Waals surface area contributed by atoms with Crippen LogP contribution in [0.3, 0.4) is 0 Å². The summed E-state index contributed by atoms with van der Waals surface area (Å²) in [5.74, 6) is 1.47. The average molecular weight is 286 g/mol. The smallest absolute Gasteiger partial charge is 0.255 e. The zero-order valence-electron chi connectivity index (χ0n) is 12.1. The van der Waals surface area contributed by atoms with Gasteiger partial charge in [0, 0.05) is 18.9 Å². The van der Waals surface area contributed by atoms with E-state index in [4.69, 9.17) is 9.47 Å². The Hall–Kier alpha value is -2.43. The fourth-order valence-electron chi connectivity index (χ4n) is 2.43. The number of para-hydroxylation sites is 2. The Morgan fingerprint density at radius 3 is 2.81 bits per heavy atom. The summed E-state index contributed by atoms with van der Waals surface area (Å²) in [4.78, 5) is 17.0. The van der Waals surface area contributed by atoms with Crippen LogP contribution < -0.4 is 9.47 Å².